The van der Waals surface area contributed by atoms with Crippen LogP contribution in [0.1, 0.15) is 17.0 Å². The van der Waals surface area contributed by atoms with Gasteiger partial charge in [-0.05, 0) is 23.8 Å². The Labute approximate surface area is 206 Å². The molecule has 0 fully saturated rings. The van der Waals surface area contributed by atoms with Crippen molar-refractivity contribution in [2.45, 2.75) is 13.0 Å². The molecule has 0 aliphatic rings. The van der Waals surface area contributed by atoms with Gasteiger partial charge in [0.1, 0.15) is 17.3 Å². The normalized spacial score (nSPS) is 10.8. The molecule has 174 valence electrons. The lowest BCUT2D eigenvalue weighted by Crippen LogP contribution is -2.10. The summed E-state index contributed by atoms with van der Waals surface area (Å²) in [5.41, 5.74) is 3.88. The molecule has 0 spiro atoms. The van der Waals surface area contributed by atoms with E-state index in [2.05, 4.69) is 16.9 Å². The molecule has 2 aromatic heterocycles. The summed E-state index contributed by atoms with van der Waals surface area (Å²) in [5.74, 6) is 1.32. The first kappa shape index (κ1) is 23.6. The van der Waals surface area contributed by atoms with E-state index in [4.69, 9.17) is 37.7 Å². The third-order valence-corrected chi connectivity index (χ3v) is 6.20. The summed E-state index contributed by atoms with van der Waals surface area (Å²) in [6.45, 7) is 3.88. The number of para-hydroxylation sites is 1. The highest BCUT2D eigenvalue weighted by atomic mass is 35.5. The van der Waals surface area contributed by atoms with Gasteiger partial charge < -0.3 is 19.4 Å². The van der Waals surface area contributed by atoms with E-state index in [9.17, 15) is 4.79 Å². The fourth-order valence-electron chi connectivity index (χ4n) is 3.63. The first-order valence-electron chi connectivity index (χ1n) is 10.4. The largest absolute Gasteiger partial charge is 0.495 e. The topological polar surface area (TPSA) is 78.3 Å². The summed E-state index contributed by atoms with van der Waals surface area (Å²) in [6.07, 6.45) is 5.36. The van der Waals surface area contributed by atoms with Gasteiger partial charge in [0.25, 0.3) is 0 Å². The van der Waals surface area contributed by atoms with Crippen LogP contribution >= 0.6 is 23.2 Å². The van der Waals surface area contributed by atoms with Crippen LogP contribution < -0.4 is 14.8 Å². The Morgan fingerprint density at radius 3 is 2.53 bits per heavy atom. The Morgan fingerprint density at radius 2 is 1.85 bits per heavy atom. The molecule has 1 amide bonds. The number of methoxy groups -OCH3 is 2. The third kappa shape index (κ3) is 4.71. The number of nitrogens with one attached hydrogen (secondary N) is 1. The van der Waals surface area contributed by atoms with Gasteiger partial charge in [0.15, 0.2) is 0 Å². The van der Waals surface area contributed by atoms with Crippen LogP contribution in [0.2, 0.25) is 10.0 Å². The minimum absolute atomic E-state index is 0.271. The number of carbonyl (C=O) groups is 1. The fourth-order valence-corrected chi connectivity index (χ4v) is 4.25. The van der Waals surface area contributed by atoms with Crippen molar-refractivity contribution in [3.05, 3.63) is 88.4 Å². The lowest BCUT2D eigenvalue weighted by atomic mass is 10.1. The highest BCUT2D eigenvalue weighted by Crippen LogP contribution is 2.41. The summed E-state index contributed by atoms with van der Waals surface area (Å²) in [4.78, 5) is 21.0. The Kier molecular flexibility index (Phi) is 7.05. The van der Waals surface area contributed by atoms with E-state index in [1.807, 2.05) is 41.1 Å². The number of aromatic nitrogens is 3. The van der Waals surface area contributed by atoms with Crippen molar-refractivity contribution < 1.29 is 14.3 Å². The number of anilines is 1. The minimum Gasteiger partial charge on any atom is -0.495 e. The molecule has 34 heavy (non-hydrogen) atoms. The Balaban J connectivity index is 1.64. The van der Waals surface area contributed by atoms with Crippen molar-refractivity contribution in [2.24, 2.45) is 0 Å². The van der Waals surface area contributed by atoms with Crippen LogP contribution in [0, 0.1) is 0 Å². The van der Waals surface area contributed by atoms with Crippen LogP contribution in [0.4, 0.5) is 5.69 Å². The molecule has 0 unspecified atom stereocenters. The molecule has 0 aliphatic heterocycles. The second kappa shape index (κ2) is 10.2. The van der Waals surface area contributed by atoms with Gasteiger partial charge >= 0.3 is 0 Å². The summed E-state index contributed by atoms with van der Waals surface area (Å²) in [7, 11) is 3.08. The van der Waals surface area contributed by atoms with Gasteiger partial charge in [-0.15, -0.1) is 0 Å². The molecular formula is C25H22Cl2N4O3. The molecular weight excluding hydrogens is 475 g/mol. The molecule has 0 saturated carbocycles. The number of rotatable bonds is 8. The van der Waals surface area contributed by atoms with Crippen LogP contribution in [-0.4, -0.2) is 34.7 Å². The quantitative estimate of drug-likeness (QED) is 0.325. The smallest absolute Gasteiger partial charge is 0.247 e. The molecule has 0 atom stereocenters. The van der Waals surface area contributed by atoms with Gasteiger partial charge in [0.2, 0.25) is 5.91 Å². The second-order valence-electron chi connectivity index (χ2n) is 7.42. The molecule has 2 heterocycles. The van der Waals surface area contributed by atoms with Gasteiger partial charge in [-0.25, -0.2) is 9.97 Å². The number of ether oxygens (including phenoxy) is 2. The monoisotopic (exact) mass is 496 g/mol. The van der Waals surface area contributed by atoms with Gasteiger partial charge in [-0.3, -0.25) is 4.79 Å². The molecule has 0 radical (unpaired) electrons. The van der Waals surface area contributed by atoms with Crippen molar-refractivity contribution in [1.82, 2.24) is 14.5 Å². The number of benzene rings is 2. The van der Waals surface area contributed by atoms with Crippen molar-refractivity contribution >= 4 is 45.8 Å². The molecule has 2 aromatic carbocycles. The van der Waals surface area contributed by atoms with Crippen LogP contribution in [-0.2, 0) is 17.8 Å². The Bertz CT molecular complexity index is 1360. The number of fused-ring (bicyclic) bond motifs is 1. The van der Waals surface area contributed by atoms with Crippen LogP contribution in [0.3, 0.4) is 0 Å². The number of hydrogen-bond acceptors (Lipinski definition) is 5. The highest BCUT2D eigenvalue weighted by Gasteiger charge is 2.18. The zero-order valence-electron chi connectivity index (χ0n) is 18.6. The first-order valence-corrected chi connectivity index (χ1v) is 11.1. The SMILES string of the molecule is C=CC(=O)Nc1ccccc1Cc1ncc2c(ccn2Cc2c(Cl)c(OC)cc(OC)c2Cl)n1. The zero-order valence-corrected chi connectivity index (χ0v) is 20.2. The van der Waals surface area contributed by atoms with Crippen LogP contribution in [0.25, 0.3) is 11.0 Å². The van der Waals surface area contributed by atoms with Crippen molar-refractivity contribution in [3.63, 3.8) is 0 Å². The minimum atomic E-state index is -0.271. The van der Waals surface area contributed by atoms with Crippen molar-refractivity contribution in [1.29, 1.82) is 0 Å². The van der Waals surface area contributed by atoms with E-state index in [-0.39, 0.29) is 5.91 Å². The predicted molar refractivity (Wildman–Crippen MR) is 134 cm³/mol. The van der Waals surface area contributed by atoms with Crippen molar-refractivity contribution in [3.8, 4) is 11.5 Å². The fraction of sp³-hybridized carbons (Fsp3) is 0.160. The average Bonchev–Trinajstić information content (AvgIpc) is 3.25. The van der Waals surface area contributed by atoms with E-state index in [1.54, 1.807) is 26.5 Å². The van der Waals surface area contributed by atoms with Crippen LogP contribution in [0.15, 0.2) is 61.4 Å². The maximum absolute atomic E-state index is 11.7. The third-order valence-electron chi connectivity index (χ3n) is 5.37. The lowest BCUT2D eigenvalue weighted by Gasteiger charge is -2.15. The lowest BCUT2D eigenvalue weighted by molar-refractivity contribution is -0.111. The summed E-state index contributed by atoms with van der Waals surface area (Å²) in [6, 6.07) is 11.1. The summed E-state index contributed by atoms with van der Waals surface area (Å²) >= 11 is 13.1. The van der Waals surface area contributed by atoms with Gasteiger partial charge in [0.05, 0.1) is 48.0 Å². The standard InChI is InChI=1S/C25H22Cl2N4O3/c1-4-23(32)30-17-8-6-5-7-15(17)11-22-28-13-19-18(29-22)9-10-31(19)14-16-24(26)20(33-2)12-21(34-3)25(16)27/h4-10,12-13H,1,11,14H2,2-3H3,(H,30,32). The maximum atomic E-state index is 11.7. The highest BCUT2D eigenvalue weighted by molar-refractivity contribution is 6.37. The van der Waals surface area contributed by atoms with Gasteiger partial charge in [-0.2, -0.15) is 0 Å². The Morgan fingerprint density at radius 1 is 1.15 bits per heavy atom. The number of carbonyl (C=O) groups excluding carboxylic acids is 1. The maximum Gasteiger partial charge on any atom is 0.247 e. The molecule has 0 saturated heterocycles. The number of hydrogen-bond donors (Lipinski definition) is 1. The van der Waals surface area contributed by atoms with E-state index in [1.165, 1.54) is 6.08 Å². The van der Waals surface area contributed by atoms with Gasteiger partial charge in [0, 0.05) is 29.9 Å². The van der Waals surface area contributed by atoms with Crippen molar-refractivity contribution in [2.75, 3.05) is 19.5 Å². The second-order valence-corrected chi connectivity index (χ2v) is 8.17. The number of amides is 1. The number of nitrogens with zero attached hydrogens (tertiary/aromatic N) is 3. The van der Waals surface area contributed by atoms with E-state index in [0.29, 0.717) is 51.6 Å². The van der Waals surface area contributed by atoms with Crippen LogP contribution in [0.5, 0.6) is 11.5 Å². The molecule has 4 rings (SSSR count). The van der Waals surface area contributed by atoms with Gasteiger partial charge in [-0.1, -0.05) is 48.0 Å². The first-order chi connectivity index (χ1) is 16.4. The zero-order chi connectivity index (χ0) is 24.2. The molecule has 4 aromatic rings. The molecule has 1 N–H and O–H groups in total. The average molecular weight is 497 g/mol. The molecule has 0 aliphatic carbocycles. The Hall–Kier alpha value is -3.55. The van der Waals surface area contributed by atoms with E-state index < -0.39 is 0 Å². The molecule has 7 nitrogen and oxygen atoms in total. The molecule has 0 bridgehead atoms. The van der Waals surface area contributed by atoms with E-state index in [0.717, 1.165) is 16.6 Å². The molecule has 9 heteroatoms. The van der Waals surface area contributed by atoms with E-state index >= 15 is 0 Å². The number of halogens is 2. The summed E-state index contributed by atoms with van der Waals surface area (Å²) < 4.78 is 12.7. The predicted octanol–water partition coefficient (Wildman–Crippen LogP) is 5.52. The summed E-state index contributed by atoms with van der Waals surface area (Å²) in [5, 5.41) is 3.66.